The first-order chi connectivity index (χ1) is 22.8. The van der Waals surface area contributed by atoms with Gasteiger partial charge in [-0.2, -0.15) is 0 Å². The molecule has 48 heavy (non-hydrogen) atoms. The van der Waals surface area contributed by atoms with Crippen LogP contribution in [0.1, 0.15) is 63.8 Å². The summed E-state index contributed by atoms with van der Waals surface area (Å²) >= 11 is 1.81. The molecule has 0 radical (unpaired) electrons. The van der Waals surface area contributed by atoms with E-state index in [4.69, 9.17) is 9.97 Å². The summed E-state index contributed by atoms with van der Waals surface area (Å²) in [4.78, 5) is 11.7. The molecule has 0 aliphatic rings. The molecule has 3 nitrogen and oxygen atoms in total. The van der Waals surface area contributed by atoms with Crippen LogP contribution in [0.5, 0.6) is 5.75 Å². The van der Waals surface area contributed by atoms with E-state index < -0.39 is 0 Å². The number of nitrogens with zero attached hydrogens (tertiary/aromatic N) is 2. The lowest BCUT2D eigenvalue weighted by molar-refractivity contribution is 0.477. The highest BCUT2D eigenvalue weighted by Crippen LogP contribution is 2.44. The van der Waals surface area contributed by atoms with Crippen molar-refractivity contribution in [2.24, 2.45) is 0 Å². The number of aryl methyl sites for hydroxylation is 2. The topological polar surface area (TPSA) is 46.0 Å². The van der Waals surface area contributed by atoms with Crippen molar-refractivity contribution in [2.75, 3.05) is 0 Å². The zero-order valence-electron chi connectivity index (χ0n) is 29.1. The van der Waals surface area contributed by atoms with Gasteiger partial charge in [0.1, 0.15) is 5.75 Å². The standard InChI is InChI=1S/C44H42N2OS/c1-26-19-36(34-15-11-12-16-39(34)47)45-37(20-26)38-24-30-25-40(32-18-17-31(21-27(32)2)43(3,4)5)48-42(30)41(46-38)29-22-28-13-9-10-14-33(28)35(23-29)44(6,7)8/h9-25,47H,1-8H3. The highest BCUT2D eigenvalue weighted by Gasteiger charge is 2.22. The van der Waals surface area contributed by atoms with Gasteiger partial charge >= 0.3 is 0 Å². The quantitative estimate of drug-likeness (QED) is 0.207. The molecule has 4 heteroatoms. The molecule has 0 fully saturated rings. The first kappa shape index (κ1) is 31.8. The van der Waals surface area contributed by atoms with Gasteiger partial charge in [-0.1, -0.05) is 96.1 Å². The molecule has 0 spiro atoms. The van der Waals surface area contributed by atoms with Crippen LogP contribution < -0.4 is 0 Å². The minimum atomic E-state index is -0.0520. The van der Waals surface area contributed by atoms with Gasteiger partial charge in [0.25, 0.3) is 0 Å². The normalized spacial score (nSPS) is 12.2. The van der Waals surface area contributed by atoms with E-state index in [0.29, 0.717) is 5.56 Å². The lowest BCUT2D eigenvalue weighted by Gasteiger charge is -2.23. The Labute approximate surface area is 288 Å². The second kappa shape index (κ2) is 11.7. The molecule has 0 saturated carbocycles. The minimum Gasteiger partial charge on any atom is -0.507 e. The van der Waals surface area contributed by atoms with E-state index in [2.05, 4.69) is 128 Å². The minimum absolute atomic E-state index is 0.0520. The summed E-state index contributed by atoms with van der Waals surface area (Å²) in [5.41, 5.74) is 11.4. The number of rotatable bonds is 4. The first-order valence-corrected chi connectivity index (χ1v) is 17.4. The van der Waals surface area contributed by atoms with Crippen LogP contribution >= 0.6 is 11.3 Å². The lowest BCUT2D eigenvalue weighted by Crippen LogP contribution is -2.12. The van der Waals surface area contributed by atoms with Gasteiger partial charge in [-0.25, -0.2) is 9.97 Å². The van der Waals surface area contributed by atoms with Crippen LogP contribution in [0.25, 0.3) is 65.2 Å². The fourth-order valence-electron chi connectivity index (χ4n) is 6.61. The monoisotopic (exact) mass is 646 g/mol. The third kappa shape index (κ3) is 5.90. The smallest absolute Gasteiger partial charge is 0.124 e. The molecule has 0 aliphatic carbocycles. The van der Waals surface area contributed by atoms with Gasteiger partial charge in [-0.3, -0.25) is 0 Å². The number of hydrogen-bond acceptors (Lipinski definition) is 4. The summed E-state index contributed by atoms with van der Waals surface area (Å²) in [5.74, 6) is 0.215. The van der Waals surface area contributed by atoms with Crippen molar-refractivity contribution in [1.82, 2.24) is 9.97 Å². The van der Waals surface area contributed by atoms with Crippen molar-refractivity contribution in [3.05, 3.63) is 125 Å². The summed E-state index contributed by atoms with van der Waals surface area (Å²) in [5, 5.41) is 14.3. The third-order valence-corrected chi connectivity index (χ3v) is 10.4. The number of pyridine rings is 2. The van der Waals surface area contributed by atoms with Gasteiger partial charge < -0.3 is 5.11 Å². The molecule has 0 atom stereocenters. The van der Waals surface area contributed by atoms with E-state index in [1.54, 1.807) is 6.07 Å². The van der Waals surface area contributed by atoms with E-state index in [0.717, 1.165) is 44.0 Å². The molecule has 0 unspecified atom stereocenters. The summed E-state index contributed by atoms with van der Waals surface area (Å²) in [6, 6.07) is 36.2. The summed E-state index contributed by atoms with van der Waals surface area (Å²) < 4.78 is 1.16. The average Bonchev–Trinajstić information content (AvgIpc) is 3.47. The molecule has 0 saturated heterocycles. The maximum atomic E-state index is 10.7. The molecule has 3 aromatic heterocycles. The van der Waals surface area contributed by atoms with Gasteiger partial charge in [0.15, 0.2) is 0 Å². The third-order valence-electron chi connectivity index (χ3n) is 9.21. The summed E-state index contributed by atoms with van der Waals surface area (Å²) in [7, 11) is 0. The number of fused-ring (bicyclic) bond motifs is 2. The van der Waals surface area contributed by atoms with Crippen LogP contribution in [0.3, 0.4) is 0 Å². The Morgan fingerprint density at radius 2 is 1.31 bits per heavy atom. The van der Waals surface area contributed by atoms with E-state index >= 15 is 0 Å². The van der Waals surface area contributed by atoms with Gasteiger partial charge in [-0.15, -0.1) is 11.3 Å². The Morgan fingerprint density at radius 3 is 2.04 bits per heavy atom. The fraction of sp³-hybridized carbons (Fsp3) is 0.227. The maximum absolute atomic E-state index is 10.7. The van der Waals surface area contributed by atoms with Gasteiger partial charge in [0, 0.05) is 16.0 Å². The van der Waals surface area contributed by atoms with Crippen molar-refractivity contribution < 1.29 is 5.11 Å². The number of benzene rings is 4. The van der Waals surface area contributed by atoms with Crippen molar-refractivity contribution >= 4 is 32.2 Å². The van der Waals surface area contributed by atoms with E-state index in [9.17, 15) is 5.11 Å². The largest absolute Gasteiger partial charge is 0.507 e. The summed E-state index contributed by atoms with van der Waals surface area (Å²) in [6.45, 7) is 17.9. The second-order valence-electron chi connectivity index (χ2n) is 15.1. The number of thiophene rings is 1. The van der Waals surface area contributed by atoms with E-state index in [1.807, 2.05) is 35.6 Å². The molecule has 0 bridgehead atoms. The van der Waals surface area contributed by atoms with Crippen molar-refractivity contribution in [3.8, 4) is 50.1 Å². The fourth-order valence-corrected chi connectivity index (χ4v) is 7.85. The van der Waals surface area contributed by atoms with Crippen LogP contribution in [0.15, 0.2) is 103 Å². The first-order valence-electron chi connectivity index (χ1n) is 16.6. The number of aromatic hydroxyl groups is 1. The van der Waals surface area contributed by atoms with Crippen LogP contribution in [-0.2, 0) is 10.8 Å². The maximum Gasteiger partial charge on any atom is 0.124 e. The number of para-hydroxylation sites is 1. The molecule has 0 aliphatic heterocycles. The zero-order chi connectivity index (χ0) is 34.0. The van der Waals surface area contributed by atoms with Gasteiger partial charge in [0.2, 0.25) is 0 Å². The molecule has 1 N–H and O–H groups in total. The molecule has 7 aromatic rings. The Morgan fingerprint density at radius 1 is 0.604 bits per heavy atom. The predicted octanol–water partition coefficient (Wildman–Crippen LogP) is 12.4. The van der Waals surface area contributed by atoms with Crippen molar-refractivity contribution in [1.29, 1.82) is 0 Å². The SMILES string of the molecule is Cc1cc(-c2cc3cc(-c4ccc(C(C)(C)C)cc4C)sc3c(-c3cc(C(C)(C)C)c4ccccc4c3)n2)nc(-c2ccccc2O)c1. The van der Waals surface area contributed by atoms with Crippen LogP contribution in [-0.4, -0.2) is 15.1 Å². The zero-order valence-corrected chi connectivity index (χ0v) is 29.9. The molecular weight excluding hydrogens is 605 g/mol. The highest BCUT2D eigenvalue weighted by atomic mass is 32.1. The molecule has 4 aromatic carbocycles. The van der Waals surface area contributed by atoms with Gasteiger partial charge in [-0.05, 0) is 117 Å². The van der Waals surface area contributed by atoms with Crippen LogP contribution in [0.2, 0.25) is 0 Å². The molecule has 0 amide bonds. The Bertz CT molecular complexity index is 2350. The Kier molecular flexibility index (Phi) is 7.76. The van der Waals surface area contributed by atoms with E-state index in [1.165, 1.54) is 37.9 Å². The van der Waals surface area contributed by atoms with Crippen LogP contribution in [0, 0.1) is 13.8 Å². The number of phenolic OH excluding ortho intramolecular Hbond substituents is 1. The number of phenols is 1. The number of aromatic nitrogens is 2. The van der Waals surface area contributed by atoms with E-state index in [-0.39, 0.29) is 16.6 Å². The lowest BCUT2D eigenvalue weighted by atomic mass is 9.82. The van der Waals surface area contributed by atoms with Crippen molar-refractivity contribution in [2.45, 2.75) is 66.2 Å². The molecular formula is C44H42N2OS. The summed E-state index contributed by atoms with van der Waals surface area (Å²) in [6.07, 6.45) is 0. The highest BCUT2D eigenvalue weighted by molar-refractivity contribution is 7.22. The molecule has 240 valence electrons. The van der Waals surface area contributed by atoms with Crippen LogP contribution in [0.4, 0.5) is 0 Å². The predicted molar refractivity (Wildman–Crippen MR) is 205 cm³/mol. The Balaban J connectivity index is 1.49. The van der Waals surface area contributed by atoms with Gasteiger partial charge in [0.05, 0.1) is 27.5 Å². The van der Waals surface area contributed by atoms with Crippen molar-refractivity contribution in [3.63, 3.8) is 0 Å². The number of hydrogen-bond donors (Lipinski definition) is 1. The molecule has 7 rings (SSSR count). The molecule has 3 heterocycles. The second-order valence-corrected chi connectivity index (χ2v) is 16.1. The average molecular weight is 647 g/mol. The Hall–Kier alpha value is -4.80.